The lowest BCUT2D eigenvalue weighted by Crippen LogP contribution is -2.50. The Morgan fingerprint density at radius 1 is 1.22 bits per heavy atom. The van der Waals surface area contributed by atoms with Crippen LogP contribution in [0.4, 0.5) is 5.95 Å². The van der Waals surface area contributed by atoms with E-state index in [-0.39, 0.29) is 29.9 Å². The zero-order chi connectivity index (χ0) is 18.6. The van der Waals surface area contributed by atoms with E-state index in [4.69, 9.17) is 4.74 Å². The SMILES string of the molecule is CCNC(=NCCOC)NCCC(=O)N1CCN(c2ncccn2)CC1.I. The fraction of sp³-hybridized carbons (Fsp3) is 0.647. The number of nitrogens with zero attached hydrogens (tertiary/aromatic N) is 5. The largest absolute Gasteiger partial charge is 0.383 e. The van der Waals surface area contributed by atoms with Gasteiger partial charge in [0.2, 0.25) is 11.9 Å². The minimum atomic E-state index is 0. The van der Waals surface area contributed by atoms with E-state index in [0.29, 0.717) is 45.2 Å². The van der Waals surface area contributed by atoms with Crippen LogP contribution in [0.3, 0.4) is 0 Å². The lowest BCUT2D eigenvalue weighted by atomic mass is 10.3. The second kappa shape index (κ2) is 13.5. The third-order valence-electron chi connectivity index (χ3n) is 4.01. The molecule has 2 rings (SSSR count). The van der Waals surface area contributed by atoms with Crippen LogP contribution in [0, 0.1) is 0 Å². The van der Waals surface area contributed by atoms with Gasteiger partial charge in [-0.1, -0.05) is 0 Å². The van der Waals surface area contributed by atoms with E-state index >= 15 is 0 Å². The number of methoxy groups -OCH3 is 1. The van der Waals surface area contributed by atoms with E-state index in [9.17, 15) is 4.79 Å². The molecule has 2 N–H and O–H groups in total. The summed E-state index contributed by atoms with van der Waals surface area (Å²) in [6.07, 6.45) is 3.92. The molecule has 0 radical (unpaired) electrons. The molecular weight excluding hydrogens is 461 g/mol. The zero-order valence-electron chi connectivity index (χ0n) is 16.1. The van der Waals surface area contributed by atoms with E-state index in [0.717, 1.165) is 25.6 Å². The Morgan fingerprint density at radius 3 is 2.56 bits per heavy atom. The third kappa shape index (κ3) is 8.24. The molecule has 1 aromatic heterocycles. The summed E-state index contributed by atoms with van der Waals surface area (Å²) in [6.45, 7) is 7.39. The molecule has 0 atom stereocenters. The predicted molar refractivity (Wildman–Crippen MR) is 117 cm³/mol. The molecular formula is C17H30IN7O2. The van der Waals surface area contributed by atoms with Gasteiger partial charge in [0.05, 0.1) is 13.2 Å². The van der Waals surface area contributed by atoms with Gasteiger partial charge in [-0.3, -0.25) is 9.79 Å². The van der Waals surface area contributed by atoms with E-state index in [1.54, 1.807) is 25.6 Å². The number of aliphatic imine (C=N–C) groups is 1. The normalized spacial score (nSPS) is 14.5. The van der Waals surface area contributed by atoms with Crippen LogP contribution in [0.15, 0.2) is 23.5 Å². The van der Waals surface area contributed by atoms with E-state index in [1.807, 2.05) is 11.8 Å². The molecule has 2 heterocycles. The van der Waals surface area contributed by atoms with Gasteiger partial charge in [0.15, 0.2) is 5.96 Å². The number of nitrogens with one attached hydrogen (secondary N) is 2. The second-order valence-electron chi connectivity index (χ2n) is 5.85. The molecule has 1 aromatic rings. The van der Waals surface area contributed by atoms with Crippen LogP contribution in [-0.4, -0.2) is 86.3 Å². The van der Waals surface area contributed by atoms with Crippen molar-refractivity contribution in [3.8, 4) is 0 Å². The van der Waals surface area contributed by atoms with Gasteiger partial charge in [-0.05, 0) is 13.0 Å². The number of carbonyl (C=O) groups is 1. The lowest BCUT2D eigenvalue weighted by Gasteiger charge is -2.34. The van der Waals surface area contributed by atoms with Crippen LogP contribution >= 0.6 is 24.0 Å². The highest BCUT2D eigenvalue weighted by atomic mass is 127. The van der Waals surface area contributed by atoms with Gasteiger partial charge in [-0.2, -0.15) is 0 Å². The molecule has 0 aromatic carbocycles. The van der Waals surface area contributed by atoms with E-state index < -0.39 is 0 Å². The molecule has 0 unspecified atom stereocenters. The van der Waals surface area contributed by atoms with Crippen molar-refractivity contribution in [2.24, 2.45) is 4.99 Å². The molecule has 1 aliphatic heterocycles. The first kappa shape index (κ1) is 23.3. The summed E-state index contributed by atoms with van der Waals surface area (Å²) >= 11 is 0. The number of piperazine rings is 1. The highest BCUT2D eigenvalue weighted by molar-refractivity contribution is 14.0. The minimum Gasteiger partial charge on any atom is -0.383 e. The Balaban J connectivity index is 0.00000364. The van der Waals surface area contributed by atoms with Crippen LogP contribution in [0.5, 0.6) is 0 Å². The summed E-state index contributed by atoms with van der Waals surface area (Å²) in [7, 11) is 1.65. The number of anilines is 1. The van der Waals surface area contributed by atoms with E-state index in [2.05, 4.69) is 30.5 Å². The maximum Gasteiger partial charge on any atom is 0.225 e. The first-order chi connectivity index (χ1) is 12.7. The van der Waals surface area contributed by atoms with Gasteiger partial charge in [0.25, 0.3) is 0 Å². The Hall–Kier alpha value is -1.69. The van der Waals surface area contributed by atoms with Gasteiger partial charge < -0.3 is 25.2 Å². The maximum atomic E-state index is 12.4. The van der Waals surface area contributed by atoms with Crippen LogP contribution in [-0.2, 0) is 9.53 Å². The molecule has 10 heteroatoms. The Kier molecular flexibility index (Phi) is 11.7. The molecule has 0 bridgehead atoms. The molecule has 0 saturated carbocycles. The summed E-state index contributed by atoms with van der Waals surface area (Å²) in [5, 5.41) is 6.35. The number of rotatable bonds is 8. The Morgan fingerprint density at radius 2 is 1.93 bits per heavy atom. The molecule has 152 valence electrons. The summed E-state index contributed by atoms with van der Waals surface area (Å²) in [5.41, 5.74) is 0. The molecule has 1 amide bonds. The lowest BCUT2D eigenvalue weighted by molar-refractivity contribution is -0.131. The van der Waals surface area contributed by atoms with Gasteiger partial charge in [0, 0.05) is 65.2 Å². The second-order valence-corrected chi connectivity index (χ2v) is 5.85. The molecule has 0 aliphatic carbocycles. The number of amides is 1. The average molecular weight is 491 g/mol. The topological polar surface area (TPSA) is 95.0 Å². The number of guanidine groups is 1. The highest BCUT2D eigenvalue weighted by Gasteiger charge is 2.22. The van der Waals surface area contributed by atoms with Crippen molar-refractivity contribution in [3.63, 3.8) is 0 Å². The monoisotopic (exact) mass is 491 g/mol. The van der Waals surface area contributed by atoms with Crippen molar-refractivity contribution >= 4 is 41.8 Å². The summed E-state index contributed by atoms with van der Waals surface area (Å²) in [5.74, 6) is 1.59. The average Bonchev–Trinajstić information content (AvgIpc) is 2.69. The number of hydrogen-bond acceptors (Lipinski definition) is 6. The number of aromatic nitrogens is 2. The van der Waals surface area contributed by atoms with Gasteiger partial charge in [-0.25, -0.2) is 9.97 Å². The van der Waals surface area contributed by atoms with Crippen molar-refractivity contribution in [1.82, 2.24) is 25.5 Å². The van der Waals surface area contributed by atoms with Crippen LogP contribution in [0.25, 0.3) is 0 Å². The number of ether oxygens (including phenoxy) is 1. The predicted octanol–water partition coefficient (Wildman–Crippen LogP) is 0.335. The van der Waals surface area contributed by atoms with Crippen molar-refractivity contribution < 1.29 is 9.53 Å². The number of hydrogen-bond donors (Lipinski definition) is 2. The molecule has 1 saturated heterocycles. The van der Waals surface area contributed by atoms with Crippen LogP contribution in [0.1, 0.15) is 13.3 Å². The fourth-order valence-electron chi connectivity index (χ4n) is 2.65. The Bertz CT molecular complexity index is 566. The number of halogens is 1. The summed E-state index contributed by atoms with van der Waals surface area (Å²) in [4.78, 5) is 29.3. The summed E-state index contributed by atoms with van der Waals surface area (Å²) in [6, 6.07) is 1.80. The van der Waals surface area contributed by atoms with Crippen molar-refractivity contribution in [1.29, 1.82) is 0 Å². The van der Waals surface area contributed by atoms with Gasteiger partial charge in [0.1, 0.15) is 0 Å². The van der Waals surface area contributed by atoms with Crippen molar-refractivity contribution in [2.45, 2.75) is 13.3 Å². The summed E-state index contributed by atoms with van der Waals surface area (Å²) < 4.78 is 5.00. The first-order valence-corrected chi connectivity index (χ1v) is 9.05. The molecule has 9 nitrogen and oxygen atoms in total. The van der Waals surface area contributed by atoms with Crippen molar-refractivity contribution in [2.75, 3.05) is 64.4 Å². The standard InChI is InChI=1S/C17H29N7O2.HI/c1-3-18-16(20-9-14-26-2)19-8-5-15(25)23-10-12-24(13-11-23)17-21-6-4-7-22-17;/h4,6-7H,3,5,8-14H2,1-2H3,(H2,18,19,20);1H. The van der Waals surface area contributed by atoms with Crippen LogP contribution < -0.4 is 15.5 Å². The van der Waals surface area contributed by atoms with Gasteiger partial charge >= 0.3 is 0 Å². The maximum absolute atomic E-state index is 12.4. The molecule has 1 aliphatic rings. The minimum absolute atomic E-state index is 0. The van der Waals surface area contributed by atoms with Gasteiger partial charge in [-0.15, -0.1) is 24.0 Å². The third-order valence-corrected chi connectivity index (χ3v) is 4.01. The first-order valence-electron chi connectivity index (χ1n) is 9.05. The molecule has 0 spiro atoms. The quantitative estimate of drug-likeness (QED) is 0.234. The zero-order valence-corrected chi connectivity index (χ0v) is 18.4. The highest BCUT2D eigenvalue weighted by Crippen LogP contribution is 2.10. The van der Waals surface area contributed by atoms with Crippen LogP contribution in [0.2, 0.25) is 0 Å². The molecule has 1 fully saturated rings. The number of carbonyl (C=O) groups excluding carboxylic acids is 1. The van der Waals surface area contributed by atoms with E-state index in [1.165, 1.54) is 0 Å². The van der Waals surface area contributed by atoms with Crippen molar-refractivity contribution in [3.05, 3.63) is 18.5 Å². The Labute approximate surface area is 178 Å². The molecule has 27 heavy (non-hydrogen) atoms. The smallest absolute Gasteiger partial charge is 0.225 e. The fourth-order valence-corrected chi connectivity index (χ4v) is 2.65.